The monoisotopic (exact) mass is 1130 g/mol. The maximum Gasteiger partial charge on any atom is 0.194 e. The van der Waals surface area contributed by atoms with Gasteiger partial charge in [-0.25, -0.2) is 0 Å². The zero-order valence-corrected chi connectivity index (χ0v) is 48.7. The maximum absolute atomic E-state index is 14.4. The normalized spacial score (nSPS) is 15.4. The van der Waals surface area contributed by atoms with Crippen LogP contribution in [0.4, 0.5) is 0 Å². The molecule has 0 bridgehead atoms. The minimum atomic E-state index is -0.872. The summed E-state index contributed by atoms with van der Waals surface area (Å²) in [5, 5.41) is 43.1. The van der Waals surface area contributed by atoms with E-state index in [1.54, 1.807) is 34.8 Å². The lowest BCUT2D eigenvalue weighted by Crippen LogP contribution is -2.30. The van der Waals surface area contributed by atoms with Crippen molar-refractivity contribution in [3.63, 3.8) is 0 Å². The van der Waals surface area contributed by atoms with Crippen molar-refractivity contribution in [3.8, 4) is 46.5 Å². The number of nitrogens with zero attached hydrogens (tertiary/aromatic N) is 4. The van der Waals surface area contributed by atoms with Crippen LogP contribution in [-0.4, -0.2) is 11.6 Å². The molecule has 4 aliphatic rings. The van der Waals surface area contributed by atoms with Crippen molar-refractivity contribution < 1.29 is 9.59 Å². The Labute approximate surface area is 505 Å². The Hall–Kier alpha value is -10.8. The van der Waals surface area contributed by atoms with Crippen LogP contribution in [-0.2, 0) is 10.8 Å². The van der Waals surface area contributed by atoms with Gasteiger partial charge in [-0.2, -0.15) is 21.0 Å². The zero-order valence-electron chi connectivity index (χ0n) is 47.1. The summed E-state index contributed by atoms with van der Waals surface area (Å²) in [4.78, 5) is 30.4. The van der Waals surface area contributed by atoms with Crippen molar-refractivity contribution >= 4 is 77.7 Å². The molecule has 6 nitrogen and oxygen atoms in total. The topological polar surface area (TPSA) is 129 Å². The molecule has 4 aliphatic carbocycles. The van der Waals surface area contributed by atoms with E-state index in [9.17, 15) is 30.6 Å². The molecule has 0 radical (unpaired) electrons. The van der Waals surface area contributed by atoms with Gasteiger partial charge in [0.25, 0.3) is 0 Å². The Balaban J connectivity index is 1.04. The molecule has 0 saturated heterocycles. The van der Waals surface area contributed by atoms with Crippen LogP contribution >= 0.6 is 22.7 Å². The van der Waals surface area contributed by atoms with Crippen LogP contribution in [0.15, 0.2) is 216 Å². The Kier molecular flexibility index (Phi) is 11.7. The Morgan fingerprint density at radius 1 is 0.372 bits per heavy atom. The summed E-state index contributed by atoms with van der Waals surface area (Å²) in [6.07, 6.45) is 3.74. The first-order valence-corrected chi connectivity index (χ1v) is 30.0. The lowest BCUT2D eigenvalue weighted by Gasteiger charge is -2.36. The highest BCUT2D eigenvalue weighted by molar-refractivity contribution is 7.20. The number of hydrogen-bond acceptors (Lipinski definition) is 8. The predicted molar refractivity (Wildman–Crippen MR) is 345 cm³/mol. The molecule has 402 valence electrons. The van der Waals surface area contributed by atoms with Gasteiger partial charge in [-0.3, -0.25) is 9.59 Å². The summed E-state index contributed by atoms with van der Waals surface area (Å²) in [5.74, 6) is -0.441. The zero-order chi connectivity index (χ0) is 58.9. The van der Waals surface area contributed by atoms with Crippen molar-refractivity contribution in [2.45, 2.75) is 38.5 Å². The average molecular weight is 1140 g/mol. The number of carbonyl (C=O) groups is 2. The smallest absolute Gasteiger partial charge is 0.194 e. The molecule has 11 aromatic rings. The van der Waals surface area contributed by atoms with Gasteiger partial charge in [0.15, 0.2) is 11.6 Å². The molecule has 0 fully saturated rings. The van der Waals surface area contributed by atoms with E-state index < -0.39 is 10.8 Å². The van der Waals surface area contributed by atoms with Crippen molar-refractivity contribution in [2.75, 3.05) is 0 Å². The third-order valence-electron chi connectivity index (χ3n) is 18.1. The van der Waals surface area contributed by atoms with Crippen LogP contribution in [0.1, 0.15) is 108 Å². The van der Waals surface area contributed by atoms with E-state index in [-0.39, 0.29) is 22.7 Å². The van der Waals surface area contributed by atoms with Gasteiger partial charge in [0.1, 0.15) is 35.4 Å². The number of Topliss-reactive ketones (excluding diaryl/α,β-unsaturated/α-hetero) is 2. The number of hydrogen-bond donors (Lipinski definition) is 0. The SMILES string of the molecule is Cc1ccc(C2(c3ccc(C)cc3)c3cc4c(cc3-c3ccc5cc(/C=C6\C(=O)c7ccccc7C6=C(C#N)C#N)sc5c32)C(c2ccc(C)cc2)(c2ccc(C)cc2)c2c-4ccc3cc(/C=C4\C(=O)c5ccccc5C4=C(C#N)C#N)sc23)cc1. The third-order valence-corrected chi connectivity index (χ3v) is 20.3. The Morgan fingerprint density at radius 3 is 1.00 bits per heavy atom. The van der Waals surface area contributed by atoms with E-state index in [2.05, 4.69) is 198 Å². The second kappa shape index (κ2) is 19.4. The fourth-order valence-corrected chi connectivity index (χ4v) is 16.7. The van der Waals surface area contributed by atoms with Gasteiger partial charge in [-0.15, -0.1) is 22.7 Å². The minimum Gasteiger partial charge on any atom is -0.289 e. The van der Waals surface area contributed by atoms with E-state index in [4.69, 9.17) is 0 Å². The number of rotatable bonds is 6. The highest BCUT2D eigenvalue weighted by Gasteiger charge is 2.53. The number of thiophene rings is 2. The summed E-state index contributed by atoms with van der Waals surface area (Å²) in [7, 11) is 0. The van der Waals surface area contributed by atoms with E-state index in [0.717, 1.165) is 119 Å². The first-order chi connectivity index (χ1) is 41.9. The quantitative estimate of drug-likeness (QED) is 0.120. The van der Waals surface area contributed by atoms with Gasteiger partial charge < -0.3 is 0 Å². The molecule has 0 aliphatic heterocycles. The van der Waals surface area contributed by atoms with Crippen molar-refractivity contribution in [2.24, 2.45) is 0 Å². The molecule has 0 saturated carbocycles. The fourth-order valence-electron chi connectivity index (χ4n) is 14.2. The van der Waals surface area contributed by atoms with Gasteiger partial charge in [0, 0.05) is 52.6 Å². The van der Waals surface area contributed by atoms with Crippen LogP contribution in [0.25, 0.3) is 65.7 Å². The summed E-state index contributed by atoms with van der Waals surface area (Å²) >= 11 is 3.24. The lowest BCUT2D eigenvalue weighted by molar-refractivity contribution is 0.103. The third kappa shape index (κ3) is 7.25. The molecule has 0 unspecified atom stereocenters. The van der Waals surface area contributed by atoms with Crippen molar-refractivity contribution in [1.82, 2.24) is 0 Å². The first kappa shape index (κ1) is 52.0. The number of carbonyl (C=O) groups excluding carboxylic acids is 2. The number of aryl methyl sites for hydroxylation is 4. The summed E-state index contributed by atoms with van der Waals surface area (Å²) in [6, 6.07) is 76.7. The fraction of sp³-hybridized carbons (Fsp3) is 0.0769. The number of nitriles is 4. The molecule has 0 N–H and O–H groups in total. The van der Waals surface area contributed by atoms with Gasteiger partial charge in [-0.1, -0.05) is 192 Å². The largest absolute Gasteiger partial charge is 0.289 e. The molecule has 9 aromatic carbocycles. The van der Waals surface area contributed by atoms with Gasteiger partial charge in [0.2, 0.25) is 0 Å². The molecule has 0 amide bonds. The summed E-state index contributed by atoms with van der Waals surface area (Å²) < 4.78 is 2.12. The van der Waals surface area contributed by atoms with Crippen LogP contribution in [0, 0.1) is 73.0 Å². The molecule has 86 heavy (non-hydrogen) atoms. The van der Waals surface area contributed by atoms with E-state index in [1.165, 1.54) is 0 Å². The van der Waals surface area contributed by atoms with Crippen LogP contribution in [0.5, 0.6) is 0 Å². The number of allylic oxidation sites excluding steroid dienone is 6. The standard InChI is InChI=1S/C78H46N4O2S2/c1-43-13-23-51(24-14-43)77(52-25-15-44(2)16-26-52)67-37-64-60-32-22-48-34-56(36-66-70(50(41-81)42-82)58-10-6-8-12-62(58)74(66)84)86-76(48)72(60)78(53-27-17-45(3)18-28-53,54-29-19-46(4)20-30-54)68(64)38-63(67)59-31-21-47-33-55(85-75(47)71(59)77)35-65-69(49(39-79)40-80)57-9-5-7-11-61(57)73(65)83/h5-38H,1-4H3/b65-35-,66-36-. The van der Waals surface area contributed by atoms with Crippen molar-refractivity contribution in [1.29, 1.82) is 21.0 Å². The highest BCUT2D eigenvalue weighted by Crippen LogP contribution is 2.65. The van der Waals surface area contributed by atoms with E-state index in [1.807, 2.05) is 48.6 Å². The molecule has 2 heterocycles. The molecular formula is C78H46N4O2S2. The van der Waals surface area contributed by atoms with E-state index in [0.29, 0.717) is 44.5 Å². The number of ketones is 2. The number of benzene rings is 9. The maximum atomic E-state index is 14.4. The lowest BCUT2D eigenvalue weighted by atomic mass is 9.65. The molecule has 15 rings (SSSR count). The summed E-state index contributed by atoms with van der Waals surface area (Å²) in [6.45, 7) is 8.48. The molecule has 0 spiro atoms. The van der Waals surface area contributed by atoms with Gasteiger partial charge in [0.05, 0.1) is 10.8 Å². The van der Waals surface area contributed by atoms with Crippen molar-refractivity contribution in [3.05, 3.63) is 315 Å². The summed E-state index contributed by atoms with van der Waals surface area (Å²) in [5.41, 5.74) is 19.4. The van der Waals surface area contributed by atoms with E-state index >= 15 is 0 Å². The Morgan fingerprint density at radius 2 is 0.686 bits per heavy atom. The van der Waals surface area contributed by atoms with Gasteiger partial charge in [-0.05, 0) is 153 Å². The molecule has 0 atom stereocenters. The van der Waals surface area contributed by atoms with Crippen LogP contribution in [0.2, 0.25) is 0 Å². The van der Waals surface area contributed by atoms with Gasteiger partial charge >= 0.3 is 0 Å². The van der Waals surface area contributed by atoms with Crippen LogP contribution < -0.4 is 0 Å². The van der Waals surface area contributed by atoms with Crippen LogP contribution in [0.3, 0.4) is 0 Å². The minimum absolute atomic E-state index is 0.102. The highest BCUT2D eigenvalue weighted by atomic mass is 32.1. The molecule has 2 aromatic heterocycles. The first-order valence-electron chi connectivity index (χ1n) is 28.3. The second-order valence-corrected chi connectivity index (χ2v) is 25.0. The predicted octanol–water partition coefficient (Wildman–Crippen LogP) is 18.2. The Bertz CT molecular complexity index is 4750. The molecule has 8 heteroatoms. The average Bonchev–Trinajstić information content (AvgIpc) is 1.50. The number of fused-ring (bicyclic) bond motifs is 12. The second-order valence-electron chi connectivity index (χ2n) is 22.8. The molecular weight excluding hydrogens is 1090 g/mol.